The fourth-order valence-corrected chi connectivity index (χ4v) is 2.45. The summed E-state index contributed by atoms with van der Waals surface area (Å²) >= 11 is 1.58. The molecule has 5 heteroatoms. The number of hydrogen-bond acceptors (Lipinski definition) is 4. The normalized spacial score (nSPS) is 10.8. The van der Waals surface area contributed by atoms with Gasteiger partial charge in [0.2, 0.25) is 0 Å². The van der Waals surface area contributed by atoms with Crippen molar-refractivity contribution < 1.29 is 4.74 Å². The zero-order valence-corrected chi connectivity index (χ0v) is 11.5. The molecule has 0 atom stereocenters. The molecule has 1 N–H and O–H groups in total. The molecule has 0 aliphatic rings. The Balaban J connectivity index is 2.33. The van der Waals surface area contributed by atoms with Crippen LogP contribution in [0.5, 0.6) is 5.75 Å². The van der Waals surface area contributed by atoms with Gasteiger partial charge in [0.15, 0.2) is 5.16 Å². The van der Waals surface area contributed by atoms with E-state index in [-0.39, 0.29) is 0 Å². The lowest BCUT2D eigenvalue weighted by atomic mass is 10.1. The van der Waals surface area contributed by atoms with Gasteiger partial charge in [-0.1, -0.05) is 17.8 Å². The first-order valence-corrected chi connectivity index (χ1v) is 7.08. The summed E-state index contributed by atoms with van der Waals surface area (Å²) in [6.07, 6.45) is 3.77. The average Bonchev–Trinajstić information content (AvgIpc) is 2.90. The van der Waals surface area contributed by atoms with E-state index in [0.29, 0.717) is 0 Å². The number of ether oxygens (including phenoxy) is 1. The van der Waals surface area contributed by atoms with Crippen LogP contribution >= 0.6 is 11.8 Å². The van der Waals surface area contributed by atoms with Crippen LogP contribution in [0.25, 0.3) is 22.3 Å². The van der Waals surface area contributed by atoms with Gasteiger partial charge in [-0.05, 0) is 30.5 Å². The number of H-pyrrole nitrogens is 1. The number of thioether (sulfide) groups is 1. The van der Waals surface area contributed by atoms with E-state index < -0.39 is 0 Å². The molecule has 0 amide bonds. The summed E-state index contributed by atoms with van der Waals surface area (Å²) in [6, 6.07) is 9.74. The lowest BCUT2D eigenvalue weighted by Gasteiger charge is -2.08. The lowest BCUT2D eigenvalue weighted by molar-refractivity contribution is 0.417. The molecule has 0 fully saturated rings. The summed E-state index contributed by atoms with van der Waals surface area (Å²) in [5, 5.41) is 0.889. The lowest BCUT2D eigenvalue weighted by Crippen LogP contribution is -1.91. The van der Waals surface area contributed by atoms with E-state index >= 15 is 0 Å². The van der Waals surface area contributed by atoms with E-state index in [9.17, 15) is 0 Å². The van der Waals surface area contributed by atoms with Gasteiger partial charge in [0.05, 0.1) is 23.9 Å². The first-order chi connectivity index (χ1) is 9.33. The predicted octanol–water partition coefficient (Wildman–Crippen LogP) is 3.36. The first-order valence-electron chi connectivity index (χ1n) is 5.85. The first kappa shape index (κ1) is 12.0. The summed E-state index contributed by atoms with van der Waals surface area (Å²) in [7, 11) is 1.66. The van der Waals surface area contributed by atoms with Gasteiger partial charge in [-0.15, -0.1) is 0 Å². The Hall–Kier alpha value is -2.01. The molecule has 1 aromatic carbocycles. The Kier molecular flexibility index (Phi) is 3.13. The van der Waals surface area contributed by atoms with Crippen LogP contribution in [0.4, 0.5) is 0 Å². The molecular weight excluding hydrogens is 258 g/mol. The van der Waals surface area contributed by atoms with Crippen LogP contribution in [0.15, 0.2) is 41.7 Å². The van der Waals surface area contributed by atoms with Crippen molar-refractivity contribution in [3.8, 4) is 17.0 Å². The van der Waals surface area contributed by atoms with Gasteiger partial charge in [0, 0.05) is 6.20 Å². The maximum absolute atomic E-state index is 5.45. The van der Waals surface area contributed by atoms with Crippen molar-refractivity contribution in [2.24, 2.45) is 0 Å². The smallest absolute Gasteiger partial charge is 0.166 e. The van der Waals surface area contributed by atoms with Crippen molar-refractivity contribution in [1.29, 1.82) is 0 Å². The third kappa shape index (κ3) is 2.06. The van der Waals surface area contributed by atoms with Crippen LogP contribution in [-0.4, -0.2) is 28.3 Å². The minimum absolute atomic E-state index is 0.783. The molecular formula is C14H13N3OS. The second-order valence-corrected chi connectivity index (χ2v) is 4.79. The monoisotopic (exact) mass is 271 g/mol. The number of nitrogens with zero attached hydrogens (tertiary/aromatic N) is 2. The average molecular weight is 271 g/mol. The number of nitrogens with one attached hydrogen (secondary N) is 1. The molecule has 0 bridgehead atoms. The molecule has 0 saturated carbocycles. The summed E-state index contributed by atoms with van der Waals surface area (Å²) in [5.74, 6) is 0.783. The number of benzene rings is 1. The predicted molar refractivity (Wildman–Crippen MR) is 77.7 cm³/mol. The summed E-state index contributed by atoms with van der Waals surface area (Å²) < 4.78 is 5.45. The number of fused-ring (bicyclic) bond motifs is 1. The van der Waals surface area contributed by atoms with Crippen molar-refractivity contribution in [2.75, 3.05) is 13.4 Å². The Bertz CT molecular complexity index is 709. The van der Waals surface area contributed by atoms with E-state index in [1.165, 1.54) is 0 Å². The zero-order valence-electron chi connectivity index (χ0n) is 10.7. The maximum atomic E-state index is 5.45. The number of hydrogen-bond donors (Lipinski definition) is 1. The van der Waals surface area contributed by atoms with E-state index in [2.05, 4.69) is 15.0 Å². The van der Waals surface area contributed by atoms with E-state index in [1.54, 1.807) is 25.1 Å². The Labute approximate surface area is 115 Å². The Morgan fingerprint density at radius 3 is 2.79 bits per heavy atom. The molecule has 4 nitrogen and oxygen atoms in total. The third-order valence-corrected chi connectivity index (χ3v) is 3.51. The zero-order chi connectivity index (χ0) is 13.2. The Morgan fingerprint density at radius 2 is 2.11 bits per heavy atom. The van der Waals surface area contributed by atoms with Crippen LogP contribution < -0.4 is 4.74 Å². The fraction of sp³-hybridized carbons (Fsp3) is 0.143. The van der Waals surface area contributed by atoms with E-state index in [0.717, 1.165) is 33.2 Å². The largest absolute Gasteiger partial charge is 0.496 e. The topological polar surface area (TPSA) is 50.8 Å². The number of pyridine rings is 1. The van der Waals surface area contributed by atoms with Gasteiger partial charge < -0.3 is 9.72 Å². The second kappa shape index (κ2) is 4.93. The molecule has 96 valence electrons. The molecule has 3 rings (SSSR count). The summed E-state index contributed by atoms with van der Waals surface area (Å²) in [5.41, 5.74) is 3.68. The highest BCUT2D eigenvalue weighted by Crippen LogP contribution is 2.35. The number of aromatic nitrogens is 3. The molecule has 2 aromatic heterocycles. The minimum atomic E-state index is 0.783. The summed E-state index contributed by atoms with van der Waals surface area (Å²) in [6.45, 7) is 0. The van der Waals surface area contributed by atoms with Crippen LogP contribution in [0.1, 0.15) is 0 Å². The molecule has 2 heterocycles. The number of methoxy groups -OCH3 is 1. The maximum Gasteiger partial charge on any atom is 0.166 e. The van der Waals surface area contributed by atoms with Gasteiger partial charge in [-0.2, -0.15) is 0 Å². The quantitative estimate of drug-likeness (QED) is 0.742. The third-order valence-electron chi connectivity index (χ3n) is 2.93. The van der Waals surface area contributed by atoms with Gasteiger partial charge in [-0.3, -0.25) is 4.98 Å². The van der Waals surface area contributed by atoms with Crippen molar-refractivity contribution in [3.63, 3.8) is 0 Å². The fourth-order valence-electron chi connectivity index (χ4n) is 2.06. The van der Waals surface area contributed by atoms with Crippen molar-refractivity contribution >= 4 is 22.8 Å². The number of rotatable bonds is 3. The van der Waals surface area contributed by atoms with Crippen LogP contribution in [0, 0.1) is 0 Å². The van der Waals surface area contributed by atoms with Gasteiger partial charge >= 0.3 is 0 Å². The second-order valence-electron chi connectivity index (χ2n) is 4.00. The molecule has 3 aromatic rings. The van der Waals surface area contributed by atoms with E-state index in [1.807, 2.05) is 36.6 Å². The SMILES string of the molecule is COc1ccc2[nH]c(SC)nc2c1-c1ccccn1. The molecule has 0 aliphatic carbocycles. The summed E-state index contributed by atoms with van der Waals surface area (Å²) in [4.78, 5) is 12.3. The van der Waals surface area contributed by atoms with Crippen LogP contribution in [-0.2, 0) is 0 Å². The molecule has 19 heavy (non-hydrogen) atoms. The van der Waals surface area contributed by atoms with Gasteiger partial charge in [0.25, 0.3) is 0 Å². The molecule has 0 radical (unpaired) electrons. The molecule has 0 spiro atoms. The Morgan fingerprint density at radius 1 is 1.21 bits per heavy atom. The van der Waals surface area contributed by atoms with Gasteiger partial charge in [-0.25, -0.2) is 4.98 Å². The minimum Gasteiger partial charge on any atom is -0.496 e. The molecule has 0 aliphatic heterocycles. The highest BCUT2D eigenvalue weighted by molar-refractivity contribution is 7.98. The number of imidazole rings is 1. The van der Waals surface area contributed by atoms with Crippen molar-refractivity contribution in [1.82, 2.24) is 15.0 Å². The molecule has 0 unspecified atom stereocenters. The van der Waals surface area contributed by atoms with Gasteiger partial charge in [0.1, 0.15) is 11.3 Å². The highest BCUT2D eigenvalue weighted by Gasteiger charge is 2.15. The van der Waals surface area contributed by atoms with Crippen molar-refractivity contribution in [3.05, 3.63) is 36.5 Å². The highest BCUT2D eigenvalue weighted by atomic mass is 32.2. The number of aromatic amines is 1. The van der Waals surface area contributed by atoms with Crippen LogP contribution in [0.3, 0.4) is 0 Å². The van der Waals surface area contributed by atoms with Crippen molar-refractivity contribution in [2.45, 2.75) is 5.16 Å². The molecule has 0 saturated heterocycles. The van der Waals surface area contributed by atoms with Crippen LogP contribution in [0.2, 0.25) is 0 Å². The standard InChI is InChI=1S/C14H13N3OS/c1-18-11-7-6-10-13(17-14(16-10)19-2)12(11)9-5-3-4-8-15-9/h3-8H,1-2H3,(H,16,17). The van der Waals surface area contributed by atoms with E-state index in [4.69, 9.17) is 4.74 Å².